The number of benzene rings is 3. The summed E-state index contributed by atoms with van der Waals surface area (Å²) in [6.45, 7) is 0. The van der Waals surface area contributed by atoms with E-state index in [1.165, 1.54) is 68.9 Å². The Hall–Kier alpha value is -4.73. The number of carbonyl (C=O) groups is 3. The molecule has 16 heteroatoms. The van der Waals surface area contributed by atoms with Crippen LogP contribution < -0.4 is 5.73 Å². The van der Waals surface area contributed by atoms with E-state index in [1.54, 1.807) is 36.4 Å². The number of nitrogen functional groups attached to an aromatic ring is 1. The molecule has 45 heavy (non-hydrogen) atoms. The quantitative estimate of drug-likeness (QED) is 0.0687. The summed E-state index contributed by atoms with van der Waals surface area (Å²) < 4.78 is 8.84. The number of nitro benzene ring substituents is 2. The van der Waals surface area contributed by atoms with Gasteiger partial charge in [-0.05, 0) is 47.1 Å². The Morgan fingerprint density at radius 3 is 1.42 bits per heavy atom. The molecule has 0 aliphatic carbocycles. The molecule has 13 nitrogen and oxygen atoms in total. The Balaban J connectivity index is 0.000000618. The van der Waals surface area contributed by atoms with Crippen LogP contribution in [0.15, 0.2) is 91.0 Å². The van der Waals surface area contributed by atoms with Crippen molar-refractivity contribution < 1.29 is 38.8 Å². The summed E-state index contributed by atoms with van der Waals surface area (Å²) in [7, 11) is 12.5. The molecule has 3 N–H and O–H groups in total. The molecule has 0 saturated carbocycles. The van der Waals surface area contributed by atoms with Gasteiger partial charge in [0.15, 0.2) is 0 Å². The fourth-order valence-corrected chi connectivity index (χ4v) is 2.78. The summed E-state index contributed by atoms with van der Waals surface area (Å²) in [4.78, 5) is 51.4. The second-order valence-electron chi connectivity index (χ2n) is 7.83. The number of hydrogen-bond acceptors (Lipinski definition) is 10. The standard InChI is InChI=1S/C10H9NO4.C10H11NO2.C9H7NO4.2ClH.Sn/c1-15-10(12)6-5-8-3-2-4-9(7-8)11(13)14;1-13-10(12)6-5-8-3-2-4-9(11)7-8;11-9(12)5-4-7-2-1-3-8(6-7)10(13)14;;;/h2-7H,1H3;2-7H,11H2,1H3;1-6H,(H,11,12);2*1H;/q;;;;;+2/p-2/b2*6-5+;5-4+;;;. The molecule has 3 rings (SSSR count). The minimum absolute atomic E-state index is 0.0120. The van der Waals surface area contributed by atoms with Gasteiger partial charge in [0.1, 0.15) is 0 Å². The summed E-state index contributed by atoms with van der Waals surface area (Å²) in [5.74, 6) is -1.96. The molecule has 0 fully saturated rings. The van der Waals surface area contributed by atoms with Gasteiger partial charge in [0.05, 0.1) is 24.1 Å². The molecule has 3 aromatic rings. The van der Waals surface area contributed by atoms with Gasteiger partial charge in [0.2, 0.25) is 0 Å². The fraction of sp³-hybridized carbons (Fsp3) is 0.0690. The van der Waals surface area contributed by atoms with Gasteiger partial charge in [0.25, 0.3) is 11.4 Å². The number of halogens is 2. The van der Waals surface area contributed by atoms with Gasteiger partial charge in [-0.2, -0.15) is 0 Å². The first-order chi connectivity index (χ1) is 21.4. The number of rotatable bonds is 8. The zero-order valence-corrected chi connectivity index (χ0v) is 28.1. The maximum atomic E-state index is 10.8. The number of carboxylic acids is 1. The van der Waals surface area contributed by atoms with E-state index in [-0.39, 0.29) is 17.3 Å². The van der Waals surface area contributed by atoms with Crippen LogP contribution in [-0.2, 0) is 23.9 Å². The van der Waals surface area contributed by atoms with Crippen molar-refractivity contribution in [3.8, 4) is 0 Å². The van der Waals surface area contributed by atoms with E-state index in [9.17, 15) is 34.6 Å². The molecule has 3 aromatic carbocycles. The van der Waals surface area contributed by atoms with Crippen molar-refractivity contribution in [1.29, 1.82) is 0 Å². The molecular formula is C29H27Cl2N3O10Sn. The molecular weight excluding hydrogens is 740 g/mol. The Kier molecular flexibility index (Phi) is 21.2. The molecule has 0 amide bonds. The van der Waals surface area contributed by atoms with E-state index in [2.05, 4.69) is 9.47 Å². The molecule has 0 spiro atoms. The number of nitrogens with two attached hydrogens (primary N) is 1. The maximum absolute atomic E-state index is 10.8. The predicted octanol–water partition coefficient (Wildman–Crippen LogP) is 5.93. The molecule has 0 aliphatic rings. The van der Waals surface area contributed by atoms with Crippen LogP contribution in [0.2, 0.25) is 0 Å². The summed E-state index contributed by atoms with van der Waals surface area (Å²) in [5, 5.41) is 29.1. The van der Waals surface area contributed by atoms with Crippen molar-refractivity contribution in [1.82, 2.24) is 0 Å². The number of methoxy groups -OCH3 is 2. The molecule has 236 valence electrons. The summed E-state index contributed by atoms with van der Waals surface area (Å²) in [5.41, 5.74) is 8.10. The van der Waals surface area contributed by atoms with Gasteiger partial charge in [-0.15, -0.1) is 0 Å². The molecule has 0 aromatic heterocycles. The SMILES string of the molecule is COC(=O)/C=C/c1cccc(N)c1.COC(=O)/C=C/c1cccc([N+](=O)[O-])c1.O=C(O)/C=C/c1cccc([N+](=O)[O-])c1.[Cl][Sn][Cl]. The third kappa shape index (κ3) is 20.0. The Morgan fingerprint density at radius 1 is 0.733 bits per heavy atom. The second kappa shape index (κ2) is 23.7. The zero-order chi connectivity index (χ0) is 34.2. The van der Waals surface area contributed by atoms with Crippen molar-refractivity contribution >= 4 is 89.9 Å². The third-order valence-corrected chi connectivity index (χ3v) is 4.72. The second-order valence-corrected chi connectivity index (χ2v) is 12.1. The average Bonchev–Trinajstić information content (AvgIpc) is 3.02. The van der Waals surface area contributed by atoms with Crippen LogP contribution in [0.5, 0.6) is 0 Å². The van der Waals surface area contributed by atoms with Gasteiger partial charge >= 0.3 is 54.6 Å². The number of hydrogen-bond donors (Lipinski definition) is 2. The topological polar surface area (TPSA) is 202 Å². The number of esters is 2. The van der Waals surface area contributed by atoms with Gasteiger partial charge < -0.3 is 20.3 Å². The molecule has 0 saturated heterocycles. The monoisotopic (exact) mass is 767 g/mol. The first kappa shape index (κ1) is 40.3. The van der Waals surface area contributed by atoms with Gasteiger partial charge in [-0.25, -0.2) is 14.4 Å². The minimum atomic E-state index is -1.09. The van der Waals surface area contributed by atoms with E-state index in [0.717, 1.165) is 11.6 Å². The molecule has 0 heterocycles. The van der Waals surface area contributed by atoms with Gasteiger partial charge in [-0.3, -0.25) is 20.2 Å². The van der Waals surface area contributed by atoms with E-state index >= 15 is 0 Å². The van der Waals surface area contributed by atoms with Gasteiger partial charge in [0, 0.05) is 48.2 Å². The number of non-ortho nitro benzene ring substituents is 2. The predicted molar refractivity (Wildman–Crippen MR) is 173 cm³/mol. The zero-order valence-electron chi connectivity index (χ0n) is 23.7. The first-order valence-corrected chi connectivity index (χ1v) is 19.3. The van der Waals surface area contributed by atoms with E-state index in [1.807, 2.05) is 12.1 Å². The van der Waals surface area contributed by atoms with Crippen molar-refractivity contribution in [2.75, 3.05) is 20.0 Å². The number of carboxylic acid groups (broad SMARTS) is 1. The van der Waals surface area contributed by atoms with Crippen LogP contribution in [0.3, 0.4) is 0 Å². The fourth-order valence-electron chi connectivity index (χ4n) is 2.78. The molecule has 2 radical (unpaired) electrons. The van der Waals surface area contributed by atoms with Crippen LogP contribution in [0.1, 0.15) is 16.7 Å². The van der Waals surface area contributed by atoms with E-state index < -0.39 is 40.7 Å². The summed E-state index contributed by atoms with van der Waals surface area (Å²) in [6, 6.07) is 19.0. The van der Waals surface area contributed by atoms with Crippen molar-refractivity contribution in [2.45, 2.75) is 0 Å². The summed E-state index contributed by atoms with van der Waals surface area (Å²) in [6.07, 6.45) is 7.91. The van der Waals surface area contributed by atoms with Crippen LogP contribution in [0.4, 0.5) is 17.1 Å². The number of nitrogens with zero attached hydrogens (tertiary/aromatic N) is 2. The van der Waals surface area contributed by atoms with E-state index in [4.69, 9.17) is 28.7 Å². The van der Waals surface area contributed by atoms with Crippen LogP contribution in [-0.4, -0.2) is 66.0 Å². The Bertz CT molecular complexity index is 1530. The first-order valence-electron chi connectivity index (χ1n) is 12.1. The van der Waals surface area contributed by atoms with Crippen LogP contribution in [0, 0.1) is 20.2 Å². The number of anilines is 1. The number of aliphatic carboxylic acids is 1. The summed E-state index contributed by atoms with van der Waals surface area (Å²) >= 11 is -0.826. The Morgan fingerprint density at radius 2 is 1.09 bits per heavy atom. The van der Waals surface area contributed by atoms with E-state index in [0.29, 0.717) is 16.8 Å². The normalized spacial score (nSPS) is 9.96. The molecule has 0 atom stereocenters. The number of nitro groups is 2. The van der Waals surface area contributed by atoms with Crippen molar-refractivity contribution in [2.24, 2.45) is 0 Å². The van der Waals surface area contributed by atoms with Crippen LogP contribution >= 0.6 is 17.8 Å². The molecule has 0 bridgehead atoms. The van der Waals surface area contributed by atoms with Crippen LogP contribution in [0.25, 0.3) is 18.2 Å². The van der Waals surface area contributed by atoms with Crippen molar-refractivity contribution in [3.63, 3.8) is 0 Å². The molecule has 0 unspecified atom stereocenters. The number of ether oxygens (including phenoxy) is 2. The third-order valence-electron chi connectivity index (χ3n) is 4.72. The molecule has 0 aliphatic heterocycles. The van der Waals surface area contributed by atoms with Gasteiger partial charge in [-0.1, -0.05) is 36.4 Å². The van der Waals surface area contributed by atoms with Crippen molar-refractivity contribution in [3.05, 3.63) is 128 Å². The number of carbonyl (C=O) groups excluding carboxylic acids is 2. The average molecular weight is 767 g/mol. The Labute approximate surface area is 275 Å².